The van der Waals surface area contributed by atoms with Gasteiger partial charge in [0.15, 0.2) is 0 Å². The zero-order valence-corrected chi connectivity index (χ0v) is 27.3. The third-order valence-electron chi connectivity index (χ3n) is 12.1. The van der Waals surface area contributed by atoms with Crippen LogP contribution in [0.15, 0.2) is 77.7 Å². The standard InChI is InChI=1S/C43H30N6O/c1-47-29(20-44)38-39(34-25-6-2-4-21-12-16-48-18-14-23-8-10-27(45)36(34)32(23)41(48)30(21)25)43(50)40(38)35-26-7-3-5-22-13-17-49-19-15-24-9-11-28(46)37(35)33(24)42(49)31(22)26/h2-11H,12-19,45-46H2. The number of nitrogen functional groups attached to an aromatic ring is 2. The third-order valence-corrected chi connectivity index (χ3v) is 12.1. The molecule has 0 atom stereocenters. The molecule has 0 amide bonds. The molecule has 5 aliphatic rings. The molecule has 0 saturated heterocycles. The Morgan fingerprint density at radius 1 is 0.740 bits per heavy atom. The van der Waals surface area contributed by atoms with Crippen molar-refractivity contribution in [1.82, 2.24) is 4.58 Å². The van der Waals surface area contributed by atoms with Crippen molar-refractivity contribution in [1.29, 1.82) is 5.26 Å². The van der Waals surface area contributed by atoms with E-state index in [1.165, 1.54) is 33.3 Å². The Balaban J connectivity index is 1.40. The average Bonchev–Trinajstić information content (AvgIpc) is 3.15. The number of hydrogen-bond donors (Lipinski definition) is 2. The number of allylic oxidation sites excluding steroid dienone is 3. The molecule has 0 unspecified atom stereocenters. The van der Waals surface area contributed by atoms with E-state index in [-0.39, 0.29) is 11.5 Å². The number of benzene rings is 6. The quantitative estimate of drug-likeness (QED) is 0.0892. The van der Waals surface area contributed by atoms with Crippen LogP contribution in [-0.2, 0) is 25.7 Å². The Bertz CT molecular complexity index is 2970. The molecule has 0 aromatic heterocycles. The lowest BCUT2D eigenvalue weighted by Crippen LogP contribution is -2.42. The van der Waals surface area contributed by atoms with Crippen molar-refractivity contribution in [3.63, 3.8) is 0 Å². The van der Waals surface area contributed by atoms with Crippen LogP contribution in [0.5, 0.6) is 0 Å². The van der Waals surface area contributed by atoms with E-state index in [2.05, 4.69) is 68.9 Å². The summed E-state index contributed by atoms with van der Waals surface area (Å²) in [4.78, 5) is 6.24. The van der Waals surface area contributed by atoms with Crippen LogP contribution in [0.2, 0.25) is 0 Å². The molecule has 0 radical (unpaired) electrons. The molecule has 1 aliphatic carbocycles. The maximum absolute atomic E-state index is 15.3. The van der Waals surface area contributed by atoms with Gasteiger partial charge in [-0.3, -0.25) is 0 Å². The molecule has 0 saturated carbocycles. The highest BCUT2D eigenvalue weighted by molar-refractivity contribution is 6.29. The monoisotopic (exact) mass is 646 g/mol. The Morgan fingerprint density at radius 3 is 2.08 bits per heavy atom. The fourth-order valence-electron chi connectivity index (χ4n) is 10.0. The number of rotatable bonds is 1. The molecule has 0 spiro atoms. The third kappa shape index (κ3) is 3.16. The van der Waals surface area contributed by atoms with Gasteiger partial charge in [0.2, 0.25) is 5.36 Å². The van der Waals surface area contributed by atoms with Gasteiger partial charge in [0.1, 0.15) is 13.1 Å². The second-order valence-corrected chi connectivity index (χ2v) is 14.3. The van der Waals surface area contributed by atoms with Crippen molar-refractivity contribution < 1.29 is 5.11 Å². The Hall–Kier alpha value is -6.31. The van der Waals surface area contributed by atoms with Crippen LogP contribution in [0.4, 0.5) is 17.1 Å². The number of anilines is 3. The van der Waals surface area contributed by atoms with Crippen molar-refractivity contribution in [2.24, 2.45) is 0 Å². The van der Waals surface area contributed by atoms with Gasteiger partial charge in [-0.05, 0) is 79.9 Å². The number of hydrogen-bond acceptors (Lipinski definition) is 5. The summed E-state index contributed by atoms with van der Waals surface area (Å²) >= 11 is 0. The van der Waals surface area contributed by atoms with Gasteiger partial charge in [-0.15, -0.1) is 0 Å². The normalized spacial score (nSPS) is 19.1. The minimum atomic E-state index is -0.176. The smallest absolute Gasteiger partial charge is 0.270 e. The minimum absolute atomic E-state index is 0.0938. The molecule has 11 rings (SSSR count). The predicted octanol–water partition coefficient (Wildman–Crippen LogP) is 4.62. The first-order valence-corrected chi connectivity index (χ1v) is 17.4. The fraction of sp³-hybridized carbons (Fsp3) is 0.186. The molecular weight excluding hydrogens is 617 g/mol. The maximum atomic E-state index is 15.3. The van der Waals surface area contributed by atoms with Crippen LogP contribution in [0.3, 0.4) is 0 Å². The molecule has 4 aliphatic heterocycles. The van der Waals surface area contributed by atoms with Crippen LogP contribution in [0, 0.1) is 17.9 Å². The van der Waals surface area contributed by atoms with Crippen molar-refractivity contribution in [3.8, 4) is 6.07 Å². The van der Waals surface area contributed by atoms with Gasteiger partial charge < -0.3 is 21.5 Å². The van der Waals surface area contributed by atoms with Crippen molar-refractivity contribution in [3.05, 3.63) is 128 Å². The summed E-state index contributed by atoms with van der Waals surface area (Å²) in [7, 11) is 0. The van der Waals surface area contributed by atoms with Crippen molar-refractivity contribution >= 4 is 71.3 Å². The van der Waals surface area contributed by atoms with E-state index in [4.69, 9.17) is 18.0 Å². The van der Waals surface area contributed by atoms with Gasteiger partial charge in [-0.2, -0.15) is 0 Å². The first kappa shape index (κ1) is 27.6. The summed E-state index contributed by atoms with van der Waals surface area (Å²) in [6.07, 6.45) is 3.59. The molecule has 4 N–H and O–H groups in total. The van der Waals surface area contributed by atoms with E-state index in [9.17, 15) is 5.26 Å². The predicted molar refractivity (Wildman–Crippen MR) is 199 cm³/mol. The highest BCUT2D eigenvalue weighted by atomic mass is 16.3. The van der Waals surface area contributed by atoms with E-state index in [1.54, 1.807) is 0 Å². The summed E-state index contributed by atoms with van der Waals surface area (Å²) in [5.74, 6) is -0.176. The Morgan fingerprint density at radius 2 is 1.38 bits per heavy atom. The first-order chi connectivity index (χ1) is 24.5. The largest absolute Gasteiger partial charge is 0.872 e. The van der Waals surface area contributed by atoms with Gasteiger partial charge >= 0.3 is 0 Å². The molecule has 4 heterocycles. The SMILES string of the molecule is [C-]#[N+]/C(C#N)=C1C(c2c3cccc4c3c3c5c(ccc(N)c25)CCN3CC4)=C([O-])C/1=c1\c2cccc3c2c2c4c(ccc(N)c14)CC[N+]=2CC3. The van der Waals surface area contributed by atoms with Gasteiger partial charge in [-0.25, -0.2) is 14.7 Å². The molecule has 0 bridgehead atoms. The maximum Gasteiger partial charge on any atom is 0.270 e. The van der Waals surface area contributed by atoms with Crippen LogP contribution >= 0.6 is 0 Å². The highest BCUT2D eigenvalue weighted by Crippen LogP contribution is 2.55. The van der Waals surface area contributed by atoms with Crippen molar-refractivity contribution in [2.75, 3.05) is 42.5 Å². The topological polar surface area (TPSA) is 110 Å². The Labute approximate surface area is 287 Å². The zero-order chi connectivity index (χ0) is 33.6. The van der Waals surface area contributed by atoms with Gasteiger partial charge in [0.05, 0.1) is 29.1 Å². The molecule has 0 fully saturated rings. The molecule has 6 aromatic carbocycles. The fourth-order valence-corrected chi connectivity index (χ4v) is 10.0. The van der Waals surface area contributed by atoms with Crippen molar-refractivity contribution in [2.45, 2.75) is 25.7 Å². The minimum Gasteiger partial charge on any atom is -0.872 e. The van der Waals surface area contributed by atoms with Gasteiger partial charge in [0, 0.05) is 64.4 Å². The van der Waals surface area contributed by atoms with E-state index in [0.29, 0.717) is 28.1 Å². The second-order valence-electron chi connectivity index (χ2n) is 14.3. The van der Waals surface area contributed by atoms with Crippen LogP contribution in [-0.4, -0.2) is 26.2 Å². The molecule has 50 heavy (non-hydrogen) atoms. The lowest BCUT2D eigenvalue weighted by Gasteiger charge is -2.41. The summed E-state index contributed by atoms with van der Waals surface area (Å²) in [6, 6.07) is 23.0. The van der Waals surface area contributed by atoms with Gasteiger partial charge in [0.25, 0.3) is 5.70 Å². The lowest BCUT2D eigenvalue weighted by molar-refractivity contribution is -0.292. The molecule has 6 aromatic rings. The summed E-state index contributed by atoms with van der Waals surface area (Å²) in [5, 5.41) is 35.8. The van der Waals surface area contributed by atoms with E-state index < -0.39 is 0 Å². The molecule has 7 nitrogen and oxygen atoms in total. The number of nitrogens with zero attached hydrogens (tertiary/aromatic N) is 4. The number of nitriles is 1. The zero-order valence-electron chi connectivity index (χ0n) is 27.3. The van der Waals surface area contributed by atoms with Crippen LogP contribution in [0.25, 0.3) is 59.1 Å². The van der Waals surface area contributed by atoms with Crippen LogP contribution in [0.1, 0.15) is 27.8 Å². The highest BCUT2D eigenvalue weighted by Gasteiger charge is 2.37. The average molecular weight is 647 g/mol. The summed E-state index contributed by atoms with van der Waals surface area (Å²) < 4.78 is 2.46. The second kappa shape index (κ2) is 9.43. The Kier molecular flexibility index (Phi) is 5.21. The van der Waals surface area contributed by atoms with Gasteiger partial charge in [-0.1, -0.05) is 54.3 Å². The van der Waals surface area contributed by atoms with Crippen LogP contribution < -0.4 is 36.6 Å². The molecule has 238 valence electrons. The summed E-state index contributed by atoms with van der Waals surface area (Å²) in [5.41, 5.74) is 22.9. The lowest BCUT2D eigenvalue weighted by atomic mass is 9.72. The number of nitrogens with two attached hydrogens (primary N) is 2. The van der Waals surface area contributed by atoms with E-state index >= 15 is 5.11 Å². The first-order valence-electron chi connectivity index (χ1n) is 17.4. The van der Waals surface area contributed by atoms with E-state index in [0.717, 1.165) is 106 Å². The molecule has 7 heteroatoms. The summed E-state index contributed by atoms with van der Waals surface area (Å²) in [6.45, 7) is 12.0. The van der Waals surface area contributed by atoms with E-state index in [1.807, 2.05) is 12.1 Å². The molecular formula is C43H30N6O.